The number of benzene rings is 1. The molecule has 0 fully saturated rings. The van der Waals surface area contributed by atoms with E-state index in [2.05, 4.69) is 10.2 Å². The summed E-state index contributed by atoms with van der Waals surface area (Å²) in [5.74, 6) is -0.0629. The van der Waals surface area contributed by atoms with E-state index in [0.717, 1.165) is 20.0 Å². The molecule has 0 unspecified atom stereocenters. The molecule has 7 heteroatoms. The number of aromatic nitrogens is 2. The molecule has 0 aliphatic rings. The van der Waals surface area contributed by atoms with E-state index in [0.29, 0.717) is 10.5 Å². The Kier molecular flexibility index (Phi) is 4.84. The van der Waals surface area contributed by atoms with Crippen LogP contribution in [0.5, 0.6) is 0 Å². The first-order valence-electron chi connectivity index (χ1n) is 5.59. The fraction of sp³-hybridized carbons (Fsp3) is 0.250. The normalized spacial score (nSPS) is 10.6. The Morgan fingerprint density at radius 2 is 2.11 bits per heavy atom. The van der Waals surface area contributed by atoms with Gasteiger partial charge in [-0.1, -0.05) is 36.1 Å². The Hall–Kier alpha value is -1.05. The fourth-order valence-corrected chi connectivity index (χ4v) is 4.32. The number of hydrogen-bond acceptors (Lipinski definition) is 6. The van der Waals surface area contributed by atoms with Gasteiger partial charge in [-0.25, -0.2) is 4.79 Å². The number of carbonyl (C=O) groups is 1. The third-order valence-electron chi connectivity index (χ3n) is 2.21. The quantitative estimate of drug-likeness (QED) is 0.847. The molecule has 1 heterocycles. The molecule has 0 aliphatic carbocycles. The highest BCUT2D eigenvalue weighted by Crippen LogP contribution is 2.36. The summed E-state index contributed by atoms with van der Waals surface area (Å²) in [6.45, 7) is 3.88. The summed E-state index contributed by atoms with van der Waals surface area (Å²) < 4.78 is 0.763. The summed E-state index contributed by atoms with van der Waals surface area (Å²) in [5.41, 5.74) is 0.354. The number of nitrogens with zero attached hydrogens (tertiary/aromatic N) is 2. The van der Waals surface area contributed by atoms with Crippen molar-refractivity contribution in [2.75, 3.05) is 5.75 Å². The van der Waals surface area contributed by atoms with Gasteiger partial charge in [0.05, 0.1) is 5.56 Å². The lowest BCUT2D eigenvalue weighted by atomic mass is 10.2. The van der Waals surface area contributed by atoms with E-state index < -0.39 is 5.97 Å². The molecule has 100 valence electrons. The monoisotopic (exact) mass is 312 g/mol. The molecule has 2 rings (SSSR count). The van der Waals surface area contributed by atoms with Gasteiger partial charge < -0.3 is 5.11 Å². The van der Waals surface area contributed by atoms with Gasteiger partial charge in [-0.2, -0.15) is 0 Å². The van der Waals surface area contributed by atoms with Crippen LogP contribution in [-0.4, -0.2) is 27.0 Å². The van der Waals surface area contributed by atoms with Crippen molar-refractivity contribution in [3.8, 4) is 0 Å². The van der Waals surface area contributed by atoms with Crippen molar-refractivity contribution >= 4 is 40.8 Å². The van der Waals surface area contributed by atoms with Crippen molar-refractivity contribution in [3.05, 3.63) is 28.8 Å². The second-order valence-corrected chi connectivity index (χ2v) is 7.33. The van der Waals surface area contributed by atoms with Crippen LogP contribution in [0, 0.1) is 6.92 Å². The van der Waals surface area contributed by atoms with E-state index in [1.54, 1.807) is 0 Å². The van der Waals surface area contributed by atoms with Crippen LogP contribution in [0.15, 0.2) is 32.3 Å². The van der Waals surface area contributed by atoms with Gasteiger partial charge in [0.25, 0.3) is 0 Å². The Bertz CT molecular complexity index is 598. The van der Waals surface area contributed by atoms with Crippen molar-refractivity contribution < 1.29 is 9.90 Å². The molecule has 0 saturated carbocycles. The fourth-order valence-electron chi connectivity index (χ4n) is 1.50. The molecule has 4 nitrogen and oxygen atoms in total. The third-order valence-corrected chi connectivity index (χ3v) is 5.10. The minimum absolute atomic E-state index is 0.354. The molecule has 1 aromatic heterocycles. The molecule has 0 radical (unpaired) electrons. The minimum atomic E-state index is -0.903. The number of carboxylic acid groups (broad SMARTS) is 1. The first-order valence-corrected chi connectivity index (χ1v) is 8.20. The van der Waals surface area contributed by atoms with Crippen LogP contribution in [0.3, 0.4) is 0 Å². The van der Waals surface area contributed by atoms with Gasteiger partial charge in [-0.05, 0) is 24.8 Å². The van der Waals surface area contributed by atoms with Crippen molar-refractivity contribution in [3.63, 3.8) is 0 Å². The zero-order valence-corrected chi connectivity index (χ0v) is 12.9. The molecule has 0 spiro atoms. The largest absolute Gasteiger partial charge is 0.478 e. The summed E-state index contributed by atoms with van der Waals surface area (Å²) in [7, 11) is 0. The van der Waals surface area contributed by atoms with E-state index in [1.165, 1.54) is 34.9 Å². The summed E-state index contributed by atoms with van der Waals surface area (Å²) >= 11 is 4.35. The van der Waals surface area contributed by atoms with Crippen LogP contribution in [0.1, 0.15) is 22.3 Å². The average molecular weight is 312 g/mol. The van der Waals surface area contributed by atoms with Crippen molar-refractivity contribution in [2.24, 2.45) is 0 Å². The van der Waals surface area contributed by atoms with Crippen LogP contribution in [-0.2, 0) is 0 Å². The smallest absolute Gasteiger partial charge is 0.337 e. The van der Waals surface area contributed by atoms with Gasteiger partial charge in [0.1, 0.15) is 5.01 Å². The van der Waals surface area contributed by atoms with Crippen LogP contribution in [0.25, 0.3) is 0 Å². The summed E-state index contributed by atoms with van der Waals surface area (Å²) in [4.78, 5) is 13.0. The third kappa shape index (κ3) is 3.49. The van der Waals surface area contributed by atoms with Gasteiger partial charge in [-0.3, -0.25) is 0 Å². The zero-order valence-electron chi connectivity index (χ0n) is 10.4. The number of thioether (sulfide) groups is 1. The van der Waals surface area contributed by atoms with Gasteiger partial charge in [0, 0.05) is 9.79 Å². The molecule has 0 bridgehead atoms. The Balaban J connectivity index is 2.38. The maximum atomic E-state index is 11.5. The molecular weight excluding hydrogens is 300 g/mol. The molecule has 19 heavy (non-hydrogen) atoms. The molecule has 0 saturated heterocycles. The lowest BCUT2D eigenvalue weighted by molar-refractivity contribution is 0.0689. The predicted molar refractivity (Wildman–Crippen MR) is 78.6 cm³/mol. The van der Waals surface area contributed by atoms with Crippen LogP contribution < -0.4 is 0 Å². The van der Waals surface area contributed by atoms with E-state index in [-0.39, 0.29) is 0 Å². The highest BCUT2D eigenvalue weighted by molar-refractivity contribution is 8.01. The second kappa shape index (κ2) is 6.40. The minimum Gasteiger partial charge on any atom is -0.478 e. The molecule has 0 aliphatic heterocycles. The first kappa shape index (κ1) is 14.4. The Labute approximate surface area is 123 Å². The maximum Gasteiger partial charge on any atom is 0.337 e. The molecule has 1 N–H and O–H groups in total. The molecule has 0 amide bonds. The van der Waals surface area contributed by atoms with Gasteiger partial charge >= 0.3 is 5.97 Å². The average Bonchev–Trinajstić information content (AvgIpc) is 2.75. The lowest BCUT2D eigenvalue weighted by Crippen LogP contribution is -2.01. The zero-order chi connectivity index (χ0) is 13.8. The number of aryl methyl sites for hydroxylation is 1. The summed E-state index contributed by atoms with van der Waals surface area (Å²) in [5, 5.41) is 18.2. The number of carboxylic acids is 1. The number of hydrogen-bond donors (Lipinski definition) is 1. The summed E-state index contributed by atoms with van der Waals surface area (Å²) in [6.07, 6.45) is 0. The van der Waals surface area contributed by atoms with Crippen LogP contribution in [0.2, 0.25) is 0 Å². The van der Waals surface area contributed by atoms with Crippen molar-refractivity contribution in [2.45, 2.75) is 28.0 Å². The Morgan fingerprint density at radius 3 is 2.68 bits per heavy atom. The first-order chi connectivity index (χ1) is 9.11. The molecular formula is C12H12N2O2S3. The van der Waals surface area contributed by atoms with Crippen LogP contribution in [0.4, 0.5) is 0 Å². The van der Waals surface area contributed by atoms with E-state index in [9.17, 15) is 9.90 Å². The van der Waals surface area contributed by atoms with Crippen molar-refractivity contribution in [1.29, 1.82) is 0 Å². The highest BCUT2D eigenvalue weighted by atomic mass is 32.2. The molecule has 0 atom stereocenters. The van der Waals surface area contributed by atoms with E-state index in [1.807, 2.05) is 32.0 Å². The van der Waals surface area contributed by atoms with E-state index >= 15 is 0 Å². The van der Waals surface area contributed by atoms with Crippen LogP contribution >= 0.6 is 34.9 Å². The number of aromatic carboxylic acids is 1. The topological polar surface area (TPSA) is 63.1 Å². The Morgan fingerprint density at radius 1 is 1.37 bits per heavy atom. The SMILES string of the molecule is CCSc1cccc(Sc2nnc(C)s2)c1C(=O)O. The second-order valence-electron chi connectivity index (χ2n) is 3.56. The predicted octanol–water partition coefficient (Wildman–Crippen LogP) is 3.81. The van der Waals surface area contributed by atoms with Gasteiger partial charge in [-0.15, -0.1) is 22.0 Å². The maximum absolute atomic E-state index is 11.5. The molecule has 2 aromatic rings. The number of rotatable bonds is 5. The van der Waals surface area contributed by atoms with Crippen molar-refractivity contribution in [1.82, 2.24) is 10.2 Å². The van der Waals surface area contributed by atoms with Gasteiger partial charge in [0.2, 0.25) is 0 Å². The standard InChI is InChI=1S/C12H12N2O2S3/c1-3-17-8-5-4-6-9(10(8)11(15)16)19-12-14-13-7(2)18-12/h4-6H,3H2,1-2H3,(H,15,16). The highest BCUT2D eigenvalue weighted by Gasteiger charge is 2.17. The van der Waals surface area contributed by atoms with Gasteiger partial charge in [0.15, 0.2) is 4.34 Å². The summed E-state index contributed by atoms with van der Waals surface area (Å²) in [6, 6.07) is 5.53. The lowest BCUT2D eigenvalue weighted by Gasteiger charge is -2.08. The van der Waals surface area contributed by atoms with E-state index in [4.69, 9.17) is 0 Å². The molecule has 1 aromatic carbocycles.